The van der Waals surface area contributed by atoms with Gasteiger partial charge in [0.2, 0.25) is 0 Å². The van der Waals surface area contributed by atoms with E-state index in [1.54, 1.807) is 18.3 Å². The van der Waals surface area contributed by atoms with Gasteiger partial charge in [0, 0.05) is 49.1 Å². The van der Waals surface area contributed by atoms with Gasteiger partial charge >= 0.3 is 0 Å². The number of hydroxylamine groups is 1. The third kappa shape index (κ3) is 5.47. The smallest absolute Gasteiger partial charge is 0.267 e. The first-order chi connectivity index (χ1) is 14.1. The molecule has 0 radical (unpaired) electrons. The molecule has 0 spiro atoms. The van der Waals surface area contributed by atoms with Crippen molar-refractivity contribution in [1.29, 1.82) is 0 Å². The minimum Gasteiger partial charge on any atom is -0.395 e. The van der Waals surface area contributed by atoms with Crippen LogP contribution in [0.25, 0.3) is 17.1 Å². The molecule has 29 heavy (non-hydrogen) atoms. The highest BCUT2D eigenvalue weighted by Crippen LogP contribution is 2.17. The Morgan fingerprint density at radius 2 is 2.14 bits per heavy atom. The molecule has 0 unspecified atom stereocenters. The molecule has 0 saturated carbocycles. The van der Waals surface area contributed by atoms with Crippen molar-refractivity contribution in [2.75, 3.05) is 19.7 Å². The van der Waals surface area contributed by atoms with Crippen LogP contribution in [-0.4, -0.2) is 50.8 Å². The normalized spacial score (nSPS) is 11.6. The van der Waals surface area contributed by atoms with E-state index in [4.69, 9.17) is 5.21 Å². The minimum atomic E-state index is -0.727. The number of carbonyl (C=O) groups is 1. The average Bonchev–Trinajstić information content (AvgIpc) is 3.21. The second-order valence-corrected chi connectivity index (χ2v) is 6.63. The number of halogens is 1. The molecule has 8 heteroatoms. The SMILES string of the molecule is O=C(/C=C/c1ccc(CN(CCO)CCc2ccnc3[nH]ccc23)cc1F)NO. The number of fused-ring (bicyclic) bond motifs is 1. The molecule has 0 fully saturated rings. The summed E-state index contributed by atoms with van der Waals surface area (Å²) < 4.78 is 14.3. The van der Waals surface area contributed by atoms with E-state index in [-0.39, 0.29) is 12.2 Å². The van der Waals surface area contributed by atoms with Gasteiger partial charge in [0.1, 0.15) is 11.5 Å². The lowest BCUT2D eigenvalue weighted by Crippen LogP contribution is -2.28. The van der Waals surface area contributed by atoms with E-state index in [9.17, 15) is 14.3 Å². The fourth-order valence-corrected chi connectivity index (χ4v) is 3.19. The van der Waals surface area contributed by atoms with Gasteiger partial charge in [-0.05, 0) is 41.8 Å². The number of aromatic amines is 1. The number of aliphatic hydroxyl groups excluding tert-OH is 1. The predicted octanol–water partition coefficient (Wildman–Crippen LogP) is 2.26. The zero-order chi connectivity index (χ0) is 20.6. The summed E-state index contributed by atoms with van der Waals surface area (Å²) in [5.74, 6) is -1.19. The van der Waals surface area contributed by atoms with Crippen LogP contribution in [0.1, 0.15) is 16.7 Å². The number of aromatic nitrogens is 2. The molecule has 152 valence electrons. The molecule has 7 nitrogen and oxygen atoms in total. The standard InChI is InChI=1S/C21H23FN4O3/c22-19-13-15(1-2-17(19)3-4-20(28)25-29)14-26(11-12-27)10-7-16-5-8-23-21-18(16)6-9-24-21/h1-6,8-9,13,27,29H,7,10-12,14H2,(H,23,24)(H,25,28)/b4-3+. The summed E-state index contributed by atoms with van der Waals surface area (Å²) in [6.07, 6.45) is 6.74. The van der Waals surface area contributed by atoms with Crippen LogP contribution in [0.5, 0.6) is 0 Å². The molecular formula is C21H23FN4O3. The highest BCUT2D eigenvalue weighted by atomic mass is 19.1. The number of benzene rings is 1. The molecule has 1 aromatic carbocycles. The third-order valence-electron chi connectivity index (χ3n) is 4.66. The maximum Gasteiger partial charge on any atom is 0.267 e. The average molecular weight is 398 g/mol. The number of aliphatic hydroxyl groups is 1. The first kappa shape index (κ1) is 20.7. The first-order valence-electron chi connectivity index (χ1n) is 9.25. The molecule has 2 aromatic heterocycles. The Morgan fingerprint density at radius 3 is 2.90 bits per heavy atom. The molecule has 3 rings (SSSR count). The Labute approximate surface area is 167 Å². The van der Waals surface area contributed by atoms with E-state index in [0.717, 1.165) is 34.7 Å². The first-order valence-corrected chi connectivity index (χ1v) is 9.25. The fourth-order valence-electron chi connectivity index (χ4n) is 3.19. The lowest BCUT2D eigenvalue weighted by atomic mass is 10.1. The summed E-state index contributed by atoms with van der Waals surface area (Å²) in [7, 11) is 0. The minimum absolute atomic E-state index is 0.00941. The number of pyridine rings is 1. The van der Waals surface area contributed by atoms with E-state index < -0.39 is 11.7 Å². The Balaban J connectivity index is 1.67. The summed E-state index contributed by atoms with van der Waals surface area (Å²) in [5.41, 5.74) is 4.48. The van der Waals surface area contributed by atoms with Crippen LogP contribution in [-0.2, 0) is 17.8 Å². The molecule has 0 aliphatic heterocycles. The van der Waals surface area contributed by atoms with E-state index in [1.807, 2.05) is 18.3 Å². The summed E-state index contributed by atoms with van der Waals surface area (Å²) in [6, 6.07) is 8.75. The van der Waals surface area contributed by atoms with Crippen molar-refractivity contribution < 1.29 is 19.5 Å². The van der Waals surface area contributed by atoms with Crippen LogP contribution in [0.15, 0.2) is 48.8 Å². The monoisotopic (exact) mass is 398 g/mol. The number of nitrogens with zero attached hydrogens (tertiary/aromatic N) is 2. The number of hydrogen-bond acceptors (Lipinski definition) is 5. The van der Waals surface area contributed by atoms with Crippen LogP contribution < -0.4 is 5.48 Å². The number of amides is 1. The molecule has 0 atom stereocenters. The molecular weight excluding hydrogens is 375 g/mol. The largest absolute Gasteiger partial charge is 0.395 e. The highest BCUT2D eigenvalue weighted by Gasteiger charge is 2.10. The maximum absolute atomic E-state index is 14.3. The van der Waals surface area contributed by atoms with E-state index in [0.29, 0.717) is 19.6 Å². The van der Waals surface area contributed by atoms with Crippen molar-refractivity contribution in [3.8, 4) is 0 Å². The Kier molecular flexibility index (Phi) is 7.07. The van der Waals surface area contributed by atoms with Gasteiger partial charge in [-0.2, -0.15) is 0 Å². The predicted molar refractivity (Wildman–Crippen MR) is 108 cm³/mol. The summed E-state index contributed by atoms with van der Waals surface area (Å²) in [5, 5.41) is 19.0. The van der Waals surface area contributed by atoms with Gasteiger partial charge in [-0.25, -0.2) is 14.9 Å². The topological polar surface area (TPSA) is 101 Å². The van der Waals surface area contributed by atoms with Crippen LogP contribution in [0.2, 0.25) is 0 Å². The number of H-pyrrole nitrogens is 1. The van der Waals surface area contributed by atoms with Crippen LogP contribution in [0, 0.1) is 5.82 Å². The van der Waals surface area contributed by atoms with Crippen LogP contribution in [0.3, 0.4) is 0 Å². The Bertz CT molecular complexity index is 1000. The van der Waals surface area contributed by atoms with E-state index in [2.05, 4.69) is 14.9 Å². The molecule has 1 amide bonds. The van der Waals surface area contributed by atoms with Gasteiger partial charge in [-0.1, -0.05) is 12.1 Å². The number of carbonyl (C=O) groups excluding carboxylic acids is 1. The van der Waals surface area contributed by atoms with E-state index >= 15 is 0 Å². The van der Waals surface area contributed by atoms with Gasteiger partial charge in [-0.3, -0.25) is 14.9 Å². The van der Waals surface area contributed by atoms with E-state index in [1.165, 1.54) is 17.6 Å². The molecule has 0 aliphatic carbocycles. The molecule has 3 aromatic rings. The molecule has 4 N–H and O–H groups in total. The summed E-state index contributed by atoms with van der Waals surface area (Å²) in [6.45, 7) is 1.67. The highest BCUT2D eigenvalue weighted by molar-refractivity contribution is 5.90. The lowest BCUT2D eigenvalue weighted by molar-refractivity contribution is -0.124. The summed E-state index contributed by atoms with van der Waals surface area (Å²) >= 11 is 0. The van der Waals surface area contributed by atoms with Gasteiger partial charge in [0.05, 0.1) is 6.61 Å². The summed E-state index contributed by atoms with van der Waals surface area (Å²) in [4.78, 5) is 20.5. The van der Waals surface area contributed by atoms with Gasteiger partial charge in [-0.15, -0.1) is 0 Å². The molecule has 2 heterocycles. The Morgan fingerprint density at radius 1 is 1.28 bits per heavy atom. The van der Waals surface area contributed by atoms with Crippen molar-refractivity contribution >= 4 is 23.0 Å². The van der Waals surface area contributed by atoms with Crippen molar-refractivity contribution in [1.82, 2.24) is 20.3 Å². The van der Waals surface area contributed by atoms with Crippen LogP contribution >= 0.6 is 0 Å². The third-order valence-corrected chi connectivity index (χ3v) is 4.66. The molecule has 0 aliphatic rings. The van der Waals surface area contributed by atoms with Crippen LogP contribution in [0.4, 0.5) is 4.39 Å². The second-order valence-electron chi connectivity index (χ2n) is 6.63. The van der Waals surface area contributed by atoms with Crippen molar-refractivity contribution in [2.45, 2.75) is 13.0 Å². The number of nitrogens with one attached hydrogen (secondary N) is 2. The number of hydrogen-bond donors (Lipinski definition) is 4. The fraction of sp³-hybridized carbons (Fsp3) is 0.238. The lowest BCUT2D eigenvalue weighted by Gasteiger charge is -2.22. The van der Waals surface area contributed by atoms with Crippen molar-refractivity contribution in [3.63, 3.8) is 0 Å². The zero-order valence-electron chi connectivity index (χ0n) is 15.8. The molecule has 0 bridgehead atoms. The quantitative estimate of drug-likeness (QED) is 0.252. The van der Waals surface area contributed by atoms with Gasteiger partial charge in [0.15, 0.2) is 0 Å². The zero-order valence-corrected chi connectivity index (χ0v) is 15.8. The number of rotatable bonds is 9. The maximum atomic E-state index is 14.3. The molecule has 0 saturated heterocycles. The van der Waals surface area contributed by atoms with Gasteiger partial charge in [0.25, 0.3) is 5.91 Å². The van der Waals surface area contributed by atoms with Crippen molar-refractivity contribution in [3.05, 3.63) is 71.3 Å². The van der Waals surface area contributed by atoms with Crippen molar-refractivity contribution in [2.24, 2.45) is 0 Å². The Hall–Kier alpha value is -3.07. The van der Waals surface area contributed by atoms with Gasteiger partial charge < -0.3 is 10.1 Å². The second kappa shape index (κ2) is 9.92.